The smallest absolute Gasteiger partial charge is 0.335 e. The minimum absolute atomic E-state index is 0.384. The highest BCUT2D eigenvalue weighted by atomic mass is 16.7. The van der Waals surface area contributed by atoms with Gasteiger partial charge in [-0.2, -0.15) is 0 Å². The van der Waals surface area contributed by atoms with Crippen molar-refractivity contribution in [2.24, 2.45) is 0 Å². The second kappa shape index (κ2) is 8.35. The van der Waals surface area contributed by atoms with Crippen molar-refractivity contribution in [2.45, 2.75) is 51.2 Å². The first kappa shape index (κ1) is 21.0. The molecule has 0 spiro atoms. The van der Waals surface area contributed by atoms with Crippen LogP contribution < -0.4 is 4.74 Å². The highest BCUT2D eigenvalue weighted by Gasteiger charge is 2.50. The Labute approximate surface area is 169 Å². The molecule has 7 heteroatoms. The number of hydrogen-bond acceptors (Lipinski definition) is 6. The molecule has 1 fully saturated rings. The molecule has 7 nitrogen and oxygen atoms in total. The molecule has 1 aliphatic carbocycles. The summed E-state index contributed by atoms with van der Waals surface area (Å²) >= 11 is 0. The van der Waals surface area contributed by atoms with Gasteiger partial charge in [-0.3, -0.25) is 4.84 Å². The Morgan fingerprint density at radius 3 is 2.41 bits per heavy atom. The van der Waals surface area contributed by atoms with Crippen molar-refractivity contribution in [3.8, 4) is 5.75 Å². The van der Waals surface area contributed by atoms with Crippen molar-refractivity contribution in [1.29, 1.82) is 0 Å². The zero-order chi connectivity index (χ0) is 21.2. The predicted octanol–water partition coefficient (Wildman–Crippen LogP) is 3.22. The van der Waals surface area contributed by atoms with E-state index in [9.17, 15) is 14.7 Å². The van der Waals surface area contributed by atoms with Gasteiger partial charge in [-0.25, -0.2) is 9.59 Å². The fourth-order valence-corrected chi connectivity index (χ4v) is 3.34. The number of allylic oxidation sites excluding steroid dienone is 3. The Kier molecular flexibility index (Phi) is 6.05. The Bertz CT molecular complexity index is 874. The van der Waals surface area contributed by atoms with Crippen LogP contribution in [0.15, 0.2) is 53.6 Å². The number of aliphatic carboxylic acids is 1. The molecule has 0 unspecified atom stereocenters. The fourth-order valence-electron chi connectivity index (χ4n) is 3.34. The summed E-state index contributed by atoms with van der Waals surface area (Å²) in [6.45, 7) is 5.67. The lowest BCUT2D eigenvalue weighted by Gasteiger charge is -2.34. The van der Waals surface area contributed by atoms with Crippen LogP contribution in [-0.2, 0) is 19.2 Å². The lowest BCUT2D eigenvalue weighted by Crippen LogP contribution is -2.44. The maximum Gasteiger partial charge on any atom is 0.335 e. The summed E-state index contributed by atoms with van der Waals surface area (Å²) in [5.74, 6) is 1.48. The molecule has 154 valence electrons. The van der Waals surface area contributed by atoms with Crippen LogP contribution >= 0.6 is 0 Å². The van der Waals surface area contributed by atoms with Gasteiger partial charge in [0.25, 0.3) is 0 Å². The first-order chi connectivity index (χ1) is 13.7. The third-order valence-electron chi connectivity index (χ3n) is 4.60. The molecular weight excluding hydrogens is 374 g/mol. The van der Waals surface area contributed by atoms with Gasteiger partial charge in [-0.05, 0) is 50.1 Å². The summed E-state index contributed by atoms with van der Waals surface area (Å²) in [6.07, 6.45) is 3.72. The molecule has 0 saturated carbocycles. The van der Waals surface area contributed by atoms with E-state index in [4.69, 9.17) is 14.3 Å². The fraction of sp³-hybridized carbons (Fsp3) is 0.409. The molecule has 1 aromatic carbocycles. The van der Waals surface area contributed by atoms with Crippen LogP contribution in [0.2, 0.25) is 0 Å². The number of benzene rings is 1. The van der Waals surface area contributed by atoms with Crippen LogP contribution in [0, 0.1) is 0 Å². The number of carboxylic acids is 1. The monoisotopic (exact) mass is 399 g/mol. The van der Waals surface area contributed by atoms with E-state index < -0.39 is 29.9 Å². The molecule has 2 aliphatic rings. The number of carbonyl (C=O) groups is 1. The van der Waals surface area contributed by atoms with E-state index in [0.29, 0.717) is 17.7 Å². The molecule has 1 saturated heterocycles. The molecular formula is C22H25NO6. The topological polar surface area (TPSA) is 85.3 Å². The van der Waals surface area contributed by atoms with Gasteiger partial charge in [0.1, 0.15) is 17.7 Å². The molecule has 1 N–H and O–H groups in total. The molecule has 1 heterocycles. The number of carboxylic acid groups (broad SMARTS) is 1. The van der Waals surface area contributed by atoms with Gasteiger partial charge in [0.2, 0.25) is 0 Å². The Morgan fingerprint density at radius 2 is 1.93 bits per heavy atom. The Balaban J connectivity index is 2.02. The number of rotatable bonds is 5. The zero-order valence-corrected chi connectivity index (χ0v) is 16.9. The lowest BCUT2D eigenvalue weighted by atomic mass is 9.94. The summed E-state index contributed by atoms with van der Waals surface area (Å²) in [7, 11) is 1.58. The third-order valence-corrected chi connectivity index (χ3v) is 4.60. The number of ether oxygens (including phenoxy) is 2. The van der Waals surface area contributed by atoms with Gasteiger partial charge >= 0.3 is 5.97 Å². The van der Waals surface area contributed by atoms with Crippen LogP contribution in [-0.4, -0.2) is 46.9 Å². The van der Waals surface area contributed by atoms with Crippen molar-refractivity contribution >= 4 is 11.9 Å². The van der Waals surface area contributed by atoms with Crippen LogP contribution in [0.5, 0.6) is 5.75 Å². The number of carbonyl (C=O) groups excluding carboxylic acids is 1. The highest BCUT2D eigenvalue weighted by molar-refractivity contribution is 5.75. The third kappa shape index (κ3) is 4.66. The quantitative estimate of drug-likeness (QED) is 0.761. The average Bonchev–Trinajstić information content (AvgIpc) is 3.06. The predicted molar refractivity (Wildman–Crippen MR) is 106 cm³/mol. The molecule has 0 amide bonds. The summed E-state index contributed by atoms with van der Waals surface area (Å²) in [5.41, 5.74) is 1.40. The molecule has 3 atom stereocenters. The van der Waals surface area contributed by atoms with Crippen LogP contribution in [0.4, 0.5) is 0 Å². The van der Waals surface area contributed by atoms with Crippen LogP contribution in [0.3, 0.4) is 0 Å². The number of methoxy groups -OCH3 is 1. The normalized spacial score (nSPS) is 24.9. The van der Waals surface area contributed by atoms with Crippen LogP contribution in [0.1, 0.15) is 39.0 Å². The molecule has 1 aromatic rings. The zero-order valence-electron chi connectivity index (χ0n) is 16.9. The van der Waals surface area contributed by atoms with Crippen molar-refractivity contribution in [3.63, 3.8) is 0 Å². The maximum absolute atomic E-state index is 12.0. The Morgan fingerprint density at radius 1 is 1.24 bits per heavy atom. The second-order valence-electron chi connectivity index (χ2n) is 7.90. The molecule has 29 heavy (non-hydrogen) atoms. The largest absolute Gasteiger partial charge is 0.497 e. The SMILES string of the molecule is COc1ccc([C@H]2O[C@H](C(=O)O)[C@H](C3=CCC(=C=O)C=C3)N2OC(C)(C)C)cc1. The molecule has 0 radical (unpaired) electrons. The van der Waals surface area contributed by atoms with Crippen molar-refractivity contribution in [2.75, 3.05) is 7.11 Å². The number of nitrogens with zero attached hydrogens (tertiary/aromatic N) is 1. The summed E-state index contributed by atoms with van der Waals surface area (Å²) in [4.78, 5) is 29.1. The van der Waals surface area contributed by atoms with Crippen molar-refractivity contribution in [1.82, 2.24) is 5.06 Å². The van der Waals surface area contributed by atoms with E-state index in [0.717, 1.165) is 11.1 Å². The van der Waals surface area contributed by atoms with E-state index in [1.54, 1.807) is 36.5 Å². The second-order valence-corrected chi connectivity index (χ2v) is 7.90. The minimum atomic E-state index is -1.14. The number of hydrogen-bond donors (Lipinski definition) is 1. The standard InChI is InChI=1S/C22H25NO6/c1-22(2,3)29-23-18(15-7-5-14(13-24)6-8-15)19(21(25)26)28-20(23)16-9-11-17(27-4)12-10-16/h5,7-12,18-20H,6H2,1-4H3,(H,25,26)/t18-,19-,20+/m0/s1. The van der Waals surface area contributed by atoms with Crippen molar-refractivity contribution in [3.05, 3.63) is 59.2 Å². The molecule has 3 rings (SSSR count). The van der Waals surface area contributed by atoms with Gasteiger partial charge in [-0.1, -0.05) is 24.3 Å². The van der Waals surface area contributed by atoms with E-state index in [1.807, 2.05) is 44.9 Å². The maximum atomic E-state index is 12.0. The highest BCUT2D eigenvalue weighted by Crippen LogP contribution is 2.41. The van der Waals surface area contributed by atoms with E-state index in [2.05, 4.69) is 0 Å². The molecule has 0 bridgehead atoms. The minimum Gasteiger partial charge on any atom is -0.497 e. The van der Waals surface area contributed by atoms with Crippen LogP contribution in [0.25, 0.3) is 0 Å². The van der Waals surface area contributed by atoms with E-state index >= 15 is 0 Å². The lowest BCUT2D eigenvalue weighted by molar-refractivity contribution is -0.272. The molecule has 0 aromatic heterocycles. The molecule has 1 aliphatic heterocycles. The van der Waals surface area contributed by atoms with Gasteiger partial charge in [0, 0.05) is 12.0 Å². The van der Waals surface area contributed by atoms with Gasteiger partial charge in [-0.15, -0.1) is 5.06 Å². The first-order valence-electron chi connectivity index (χ1n) is 9.35. The van der Waals surface area contributed by atoms with Gasteiger partial charge in [0.15, 0.2) is 12.3 Å². The summed E-state index contributed by atoms with van der Waals surface area (Å²) < 4.78 is 11.2. The summed E-state index contributed by atoms with van der Waals surface area (Å²) in [6, 6.07) is 6.54. The Hall–Kier alpha value is -2.70. The van der Waals surface area contributed by atoms with Gasteiger partial charge < -0.3 is 14.6 Å². The number of hydroxylamine groups is 2. The van der Waals surface area contributed by atoms with Crippen molar-refractivity contribution < 1.29 is 29.0 Å². The van der Waals surface area contributed by atoms with E-state index in [1.165, 1.54) is 0 Å². The average molecular weight is 399 g/mol. The van der Waals surface area contributed by atoms with E-state index in [-0.39, 0.29) is 0 Å². The first-order valence-corrected chi connectivity index (χ1v) is 9.35. The van der Waals surface area contributed by atoms with Gasteiger partial charge in [0.05, 0.1) is 12.7 Å². The summed E-state index contributed by atoms with van der Waals surface area (Å²) in [5, 5.41) is 11.4.